The maximum atomic E-state index is 12.8. The van der Waals surface area contributed by atoms with Gasteiger partial charge in [-0.3, -0.25) is 4.79 Å². The van der Waals surface area contributed by atoms with Crippen molar-refractivity contribution in [2.24, 2.45) is 0 Å². The number of halogens is 2. The second kappa shape index (κ2) is 7.19. The minimum absolute atomic E-state index is 0.0353. The smallest absolute Gasteiger partial charge is 0.243 e. The Morgan fingerprint density at radius 2 is 1.79 bits per heavy atom. The van der Waals surface area contributed by atoms with Crippen molar-refractivity contribution in [1.82, 2.24) is 0 Å². The van der Waals surface area contributed by atoms with Crippen molar-refractivity contribution >= 4 is 38.7 Å². The third-order valence-electron chi connectivity index (χ3n) is 3.30. The molecule has 0 aromatic heterocycles. The van der Waals surface area contributed by atoms with E-state index < -0.39 is 15.7 Å². The predicted molar refractivity (Wildman–Crippen MR) is 92.8 cm³/mol. The van der Waals surface area contributed by atoms with E-state index in [0.717, 1.165) is 6.26 Å². The maximum Gasteiger partial charge on any atom is 0.243 e. The Morgan fingerprint density at radius 3 is 2.38 bits per heavy atom. The van der Waals surface area contributed by atoms with Crippen LogP contribution in [0.25, 0.3) is 0 Å². The summed E-state index contributed by atoms with van der Waals surface area (Å²) < 4.78 is 36.4. The van der Waals surface area contributed by atoms with Crippen LogP contribution in [0.15, 0.2) is 41.3 Å². The molecule has 2 N–H and O–H groups in total. The van der Waals surface area contributed by atoms with Crippen LogP contribution in [-0.2, 0) is 14.6 Å². The third-order valence-corrected chi connectivity index (χ3v) is 4.99. The van der Waals surface area contributed by atoms with E-state index >= 15 is 0 Å². The Labute approximate surface area is 144 Å². The molecule has 0 spiro atoms. The number of carbonyl (C=O) groups excluding carboxylic acids is 1. The molecule has 0 saturated heterocycles. The summed E-state index contributed by atoms with van der Waals surface area (Å²) in [4.78, 5) is 12.0. The van der Waals surface area contributed by atoms with Crippen molar-refractivity contribution in [1.29, 1.82) is 0 Å². The van der Waals surface area contributed by atoms with Gasteiger partial charge in [0.25, 0.3) is 0 Å². The van der Waals surface area contributed by atoms with Crippen LogP contribution < -0.4 is 10.6 Å². The molecule has 0 bridgehead atoms. The Kier molecular flexibility index (Phi) is 5.46. The quantitative estimate of drug-likeness (QED) is 0.847. The normalized spacial score (nSPS) is 11.2. The first-order valence-electron chi connectivity index (χ1n) is 6.97. The summed E-state index contributed by atoms with van der Waals surface area (Å²) in [5.41, 5.74) is 1.40. The molecule has 128 valence electrons. The van der Waals surface area contributed by atoms with Gasteiger partial charge in [-0.2, -0.15) is 0 Å². The van der Waals surface area contributed by atoms with Crippen LogP contribution in [-0.4, -0.2) is 27.1 Å². The number of rotatable bonds is 5. The molecule has 0 radical (unpaired) electrons. The van der Waals surface area contributed by atoms with Gasteiger partial charge in [0.05, 0.1) is 16.5 Å². The average molecular weight is 371 g/mol. The Balaban J connectivity index is 2.09. The standard InChI is InChI=1S/C16H16ClFN2O3S/c1-10-14(8-7-13(17)16(10)24(2,22)23)19-9-15(21)20-12-5-3-11(18)4-6-12/h3-8,19H,9H2,1-2H3,(H,20,21). The first-order chi connectivity index (χ1) is 11.2. The Bertz CT molecular complexity index is 868. The minimum Gasteiger partial charge on any atom is -0.376 e. The fourth-order valence-electron chi connectivity index (χ4n) is 2.22. The molecule has 1 amide bonds. The van der Waals surface area contributed by atoms with Crippen molar-refractivity contribution in [3.05, 3.63) is 52.8 Å². The van der Waals surface area contributed by atoms with Crippen LogP contribution in [0.3, 0.4) is 0 Å². The summed E-state index contributed by atoms with van der Waals surface area (Å²) in [7, 11) is -3.49. The van der Waals surface area contributed by atoms with E-state index in [2.05, 4.69) is 10.6 Å². The zero-order chi connectivity index (χ0) is 17.9. The molecule has 24 heavy (non-hydrogen) atoms. The lowest BCUT2D eigenvalue weighted by Crippen LogP contribution is -2.22. The van der Waals surface area contributed by atoms with Crippen molar-refractivity contribution in [3.63, 3.8) is 0 Å². The Morgan fingerprint density at radius 1 is 1.17 bits per heavy atom. The van der Waals surface area contributed by atoms with Crippen LogP contribution >= 0.6 is 11.6 Å². The van der Waals surface area contributed by atoms with Gasteiger partial charge in [-0.25, -0.2) is 12.8 Å². The Hall–Kier alpha value is -2.12. The number of anilines is 2. The van der Waals surface area contributed by atoms with Gasteiger partial charge in [-0.15, -0.1) is 0 Å². The number of nitrogens with one attached hydrogen (secondary N) is 2. The van der Waals surface area contributed by atoms with E-state index in [0.29, 0.717) is 16.9 Å². The van der Waals surface area contributed by atoms with E-state index in [1.807, 2.05) is 0 Å². The molecular weight excluding hydrogens is 355 g/mol. The maximum absolute atomic E-state index is 12.8. The van der Waals surface area contributed by atoms with Crippen LogP contribution in [0.5, 0.6) is 0 Å². The highest BCUT2D eigenvalue weighted by Gasteiger charge is 2.18. The predicted octanol–water partition coefficient (Wildman–Crippen LogP) is 3.24. The largest absolute Gasteiger partial charge is 0.376 e. The monoisotopic (exact) mass is 370 g/mol. The van der Waals surface area contributed by atoms with Gasteiger partial charge in [0.1, 0.15) is 5.82 Å². The molecule has 2 rings (SSSR count). The van der Waals surface area contributed by atoms with Gasteiger partial charge in [0, 0.05) is 17.6 Å². The molecular formula is C16H16ClFN2O3S. The van der Waals surface area contributed by atoms with E-state index in [-0.39, 0.29) is 22.4 Å². The molecule has 8 heteroatoms. The van der Waals surface area contributed by atoms with E-state index in [9.17, 15) is 17.6 Å². The zero-order valence-corrected chi connectivity index (χ0v) is 14.6. The molecule has 0 aliphatic heterocycles. The molecule has 5 nitrogen and oxygen atoms in total. The molecule has 2 aromatic rings. The number of amides is 1. The highest BCUT2D eigenvalue weighted by Crippen LogP contribution is 2.30. The first-order valence-corrected chi connectivity index (χ1v) is 9.24. The lowest BCUT2D eigenvalue weighted by atomic mass is 10.2. The number of benzene rings is 2. The SMILES string of the molecule is Cc1c(NCC(=O)Nc2ccc(F)cc2)ccc(Cl)c1S(C)(=O)=O. The summed E-state index contributed by atoms with van der Waals surface area (Å²) in [6.45, 7) is 1.53. The zero-order valence-electron chi connectivity index (χ0n) is 13.1. The van der Waals surface area contributed by atoms with E-state index in [1.54, 1.807) is 13.0 Å². The van der Waals surface area contributed by atoms with Crippen LogP contribution in [0.4, 0.5) is 15.8 Å². The molecule has 0 atom stereocenters. The lowest BCUT2D eigenvalue weighted by Gasteiger charge is -2.14. The fourth-order valence-corrected chi connectivity index (χ4v) is 3.93. The highest BCUT2D eigenvalue weighted by molar-refractivity contribution is 7.90. The lowest BCUT2D eigenvalue weighted by molar-refractivity contribution is -0.114. The minimum atomic E-state index is -3.49. The van der Waals surface area contributed by atoms with Gasteiger partial charge < -0.3 is 10.6 Å². The van der Waals surface area contributed by atoms with Gasteiger partial charge in [0.2, 0.25) is 5.91 Å². The molecule has 0 aliphatic rings. The molecule has 0 aliphatic carbocycles. The molecule has 0 heterocycles. The van der Waals surface area contributed by atoms with Crippen LogP contribution in [0.2, 0.25) is 5.02 Å². The summed E-state index contributed by atoms with van der Waals surface area (Å²) in [5.74, 6) is -0.743. The van der Waals surface area contributed by atoms with E-state index in [1.165, 1.54) is 30.3 Å². The van der Waals surface area contributed by atoms with Gasteiger partial charge in [-0.1, -0.05) is 11.6 Å². The highest BCUT2D eigenvalue weighted by atomic mass is 35.5. The van der Waals surface area contributed by atoms with Crippen LogP contribution in [0.1, 0.15) is 5.56 Å². The average Bonchev–Trinajstić information content (AvgIpc) is 2.47. The van der Waals surface area contributed by atoms with Crippen molar-refractivity contribution in [2.75, 3.05) is 23.4 Å². The molecule has 0 fully saturated rings. The number of hydrogen-bond donors (Lipinski definition) is 2. The fraction of sp³-hybridized carbons (Fsp3) is 0.188. The topological polar surface area (TPSA) is 75.3 Å². The van der Waals surface area contributed by atoms with Crippen molar-refractivity contribution in [3.8, 4) is 0 Å². The summed E-state index contributed by atoms with van der Waals surface area (Å²) in [6, 6.07) is 8.45. The van der Waals surface area contributed by atoms with E-state index in [4.69, 9.17) is 11.6 Å². The number of sulfone groups is 1. The van der Waals surface area contributed by atoms with Crippen molar-refractivity contribution in [2.45, 2.75) is 11.8 Å². The summed E-state index contributed by atoms with van der Waals surface area (Å²) >= 11 is 5.95. The van der Waals surface area contributed by atoms with Crippen LogP contribution in [0, 0.1) is 12.7 Å². The molecule has 2 aromatic carbocycles. The molecule has 0 saturated carbocycles. The summed E-state index contributed by atoms with van der Waals surface area (Å²) in [5, 5.41) is 5.61. The van der Waals surface area contributed by atoms with Crippen molar-refractivity contribution < 1.29 is 17.6 Å². The second-order valence-corrected chi connectivity index (χ2v) is 7.59. The van der Waals surface area contributed by atoms with Gasteiger partial charge in [-0.05, 0) is 48.9 Å². The second-order valence-electron chi connectivity index (χ2n) is 5.23. The van der Waals surface area contributed by atoms with Gasteiger partial charge in [0.15, 0.2) is 9.84 Å². The number of hydrogen-bond acceptors (Lipinski definition) is 4. The first kappa shape index (κ1) is 18.2. The van der Waals surface area contributed by atoms with Gasteiger partial charge >= 0.3 is 0 Å². The summed E-state index contributed by atoms with van der Waals surface area (Å²) in [6.07, 6.45) is 1.08. The number of carbonyl (C=O) groups is 1. The molecule has 0 unspecified atom stereocenters. The third kappa shape index (κ3) is 4.46.